The summed E-state index contributed by atoms with van der Waals surface area (Å²) in [6, 6.07) is 0. The molecule has 0 saturated carbocycles. The highest BCUT2D eigenvalue weighted by atomic mass is 16.4. The first kappa shape index (κ1) is 12.0. The summed E-state index contributed by atoms with van der Waals surface area (Å²) in [5.41, 5.74) is 0.988. The van der Waals surface area contributed by atoms with Gasteiger partial charge in [-0.05, 0) is 31.3 Å². The van der Waals surface area contributed by atoms with Crippen molar-refractivity contribution in [1.29, 1.82) is 0 Å². The molecule has 1 aliphatic carbocycles. The summed E-state index contributed by atoms with van der Waals surface area (Å²) >= 11 is 0. The normalized spacial score (nSPS) is 24.9. The van der Waals surface area contributed by atoms with Gasteiger partial charge in [0.15, 0.2) is 5.78 Å². The Bertz CT molecular complexity index is 313. The van der Waals surface area contributed by atoms with Gasteiger partial charge < -0.3 is 5.11 Å². The second kappa shape index (κ2) is 4.17. The van der Waals surface area contributed by atoms with Crippen molar-refractivity contribution in [2.45, 2.75) is 40.0 Å². The average Bonchev–Trinajstić information content (AvgIpc) is 1.98. The van der Waals surface area contributed by atoms with Crippen LogP contribution in [0, 0.1) is 11.3 Å². The van der Waals surface area contributed by atoms with Crippen LogP contribution in [0.5, 0.6) is 0 Å². The van der Waals surface area contributed by atoms with Crippen LogP contribution in [0.15, 0.2) is 11.6 Å². The molecule has 0 spiro atoms. The molecule has 0 aromatic carbocycles. The second-order valence-corrected chi connectivity index (χ2v) is 5.04. The monoisotopic (exact) mass is 210 g/mol. The van der Waals surface area contributed by atoms with E-state index in [0.717, 1.165) is 12.0 Å². The fraction of sp³-hybridized carbons (Fsp3) is 0.667. The summed E-state index contributed by atoms with van der Waals surface area (Å²) in [5.74, 6) is -0.882. The molecular formula is C12H18O3. The third-order valence-electron chi connectivity index (χ3n) is 3.06. The van der Waals surface area contributed by atoms with E-state index in [0.29, 0.717) is 6.42 Å². The van der Waals surface area contributed by atoms with E-state index in [1.165, 1.54) is 0 Å². The summed E-state index contributed by atoms with van der Waals surface area (Å²) in [6.07, 6.45) is 3.07. The molecule has 1 aliphatic rings. The fourth-order valence-corrected chi connectivity index (χ4v) is 2.42. The molecule has 84 valence electrons. The van der Waals surface area contributed by atoms with Crippen molar-refractivity contribution in [2.24, 2.45) is 11.3 Å². The van der Waals surface area contributed by atoms with Crippen LogP contribution in [-0.4, -0.2) is 16.9 Å². The number of hydrogen-bond donors (Lipinski definition) is 1. The Hall–Kier alpha value is -1.12. The van der Waals surface area contributed by atoms with Crippen molar-refractivity contribution in [1.82, 2.24) is 0 Å². The number of carboxylic acid groups (broad SMARTS) is 1. The molecule has 0 radical (unpaired) electrons. The van der Waals surface area contributed by atoms with E-state index >= 15 is 0 Å². The highest BCUT2D eigenvalue weighted by molar-refractivity contribution is 5.94. The van der Waals surface area contributed by atoms with Gasteiger partial charge in [0.05, 0.1) is 0 Å². The molecule has 3 heteroatoms. The topological polar surface area (TPSA) is 54.4 Å². The molecule has 1 rings (SSSR count). The lowest BCUT2D eigenvalue weighted by Crippen LogP contribution is -2.34. The highest BCUT2D eigenvalue weighted by Crippen LogP contribution is 2.40. The fourth-order valence-electron chi connectivity index (χ4n) is 2.42. The van der Waals surface area contributed by atoms with Crippen LogP contribution in [-0.2, 0) is 9.59 Å². The van der Waals surface area contributed by atoms with Crippen molar-refractivity contribution in [2.75, 3.05) is 0 Å². The molecule has 1 atom stereocenters. The standard InChI is InChI=1S/C12H18O3/c1-8-6-10(13)9(4-5-11(14)15)12(2,3)7-8/h6,9H,4-5,7H2,1-3H3,(H,14,15). The van der Waals surface area contributed by atoms with Gasteiger partial charge in [0, 0.05) is 12.3 Å². The molecule has 0 aliphatic heterocycles. The molecule has 15 heavy (non-hydrogen) atoms. The first-order valence-corrected chi connectivity index (χ1v) is 5.26. The number of carboxylic acids is 1. The number of rotatable bonds is 3. The molecule has 1 N–H and O–H groups in total. The van der Waals surface area contributed by atoms with E-state index < -0.39 is 5.97 Å². The number of carbonyl (C=O) groups is 2. The summed E-state index contributed by atoms with van der Waals surface area (Å²) in [7, 11) is 0. The van der Waals surface area contributed by atoms with Gasteiger partial charge in [-0.2, -0.15) is 0 Å². The first-order chi connectivity index (χ1) is 6.83. The van der Waals surface area contributed by atoms with E-state index in [2.05, 4.69) is 0 Å². The molecule has 0 heterocycles. The van der Waals surface area contributed by atoms with Gasteiger partial charge in [0.2, 0.25) is 0 Å². The van der Waals surface area contributed by atoms with Gasteiger partial charge in [0.25, 0.3) is 0 Å². The third kappa shape index (κ3) is 2.91. The van der Waals surface area contributed by atoms with E-state index in [1.807, 2.05) is 20.8 Å². The van der Waals surface area contributed by atoms with E-state index in [4.69, 9.17) is 5.11 Å². The number of allylic oxidation sites excluding steroid dienone is 2. The van der Waals surface area contributed by atoms with Crippen molar-refractivity contribution >= 4 is 11.8 Å². The first-order valence-electron chi connectivity index (χ1n) is 5.26. The van der Waals surface area contributed by atoms with E-state index in [-0.39, 0.29) is 23.5 Å². The quantitative estimate of drug-likeness (QED) is 0.778. The molecular weight excluding hydrogens is 192 g/mol. The van der Waals surface area contributed by atoms with Crippen molar-refractivity contribution < 1.29 is 14.7 Å². The van der Waals surface area contributed by atoms with E-state index in [1.54, 1.807) is 6.08 Å². The average molecular weight is 210 g/mol. The third-order valence-corrected chi connectivity index (χ3v) is 3.06. The molecule has 3 nitrogen and oxygen atoms in total. The van der Waals surface area contributed by atoms with Crippen LogP contribution in [0.25, 0.3) is 0 Å². The maximum Gasteiger partial charge on any atom is 0.303 e. The number of hydrogen-bond acceptors (Lipinski definition) is 2. The Labute approximate surface area is 90.2 Å². The Morgan fingerprint density at radius 3 is 2.67 bits per heavy atom. The van der Waals surface area contributed by atoms with Gasteiger partial charge in [-0.3, -0.25) is 9.59 Å². The van der Waals surface area contributed by atoms with Crippen LogP contribution < -0.4 is 0 Å². The predicted molar refractivity (Wildman–Crippen MR) is 57.5 cm³/mol. The van der Waals surface area contributed by atoms with Crippen molar-refractivity contribution in [3.8, 4) is 0 Å². The van der Waals surface area contributed by atoms with Gasteiger partial charge in [-0.1, -0.05) is 19.4 Å². The Morgan fingerprint density at radius 2 is 2.20 bits per heavy atom. The second-order valence-electron chi connectivity index (χ2n) is 5.04. The molecule has 0 amide bonds. The summed E-state index contributed by atoms with van der Waals surface area (Å²) < 4.78 is 0. The zero-order chi connectivity index (χ0) is 11.6. The minimum atomic E-state index is -0.829. The molecule has 1 unspecified atom stereocenters. The number of ketones is 1. The lowest BCUT2D eigenvalue weighted by Gasteiger charge is -2.36. The van der Waals surface area contributed by atoms with Gasteiger partial charge >= 0.3 is 5.97 Å². The zero-order valence-electron chi connectivity index (χ0n) is 9.54. The zero-order valence-corrected chi connectivity index (χ0v) is 9.54. The van der Waals surface area contributed by atoms with Gasteiger partial charge in [0.1, 0.15) is 0 Å². The maximum atomic E-state index is 11.8. The van der Waals surface area contributed by atoms with Crippen molar-refractivity contribution in [3.63, 3.8) is 0 Å². The molecule has 0 saturated heterocycles. The lowest BCUT2D eigenvalue weighted by molar-refractivity contribution is -0.137. The Kier molecular flexibility index (Phi) is 3.32. The Morgan fingerprint density at radius 1 is 1.60 bits per heavy atom. The molecule has 0 bridgehead atoms. The lowest BCUT2D eigenvalue weighted by atomic mass is 9.67. The minimum Gasteiger partial charge on any atom is -0.481 e. The van der Waals surface area contributed by atoms with Gasteiger partial charge in [-0.25, -0.2) is 0 Å². The largest absolute Gasteiger partial charge is 0.481 e. The number of carbonyl (C=O) groups excluding carboxylic acids is 1. The smallest absolute Gasteiger partial charge is 0.303 e. The van der Waals surface area contributed by atoms with Crippen molar-refractivity contribution in [3.05, 3.63) is 11.6 Å². The van der Waals surface area contributed by atoms with Crippen LogP contribution >= 0.6 is 0 Å². The van der Waals surface area contributed by atoms with Crippen LogP contribution in [0.4, 0.5) is 0 Å². The number of aliphatic carboxylic acids is 1. The molecule has 0 fully saturated rings. The molecule has 0 aromatic heterocycles. The SMILES string of the molecule is CC1=CC(=O)C(CCC(=O)O)C(C)(C)C1. The predicted octanol–water partition coefficient (Wildman–Crippen LogP) is 2.41. The molecule has 0 aromatic rings. The maximum absolute atomic E-state index is 11.8. The Balaban J connectivity index is 2.77. The summed E-state index contributed by atoms with van der Waals surface area (Å²) in [6.45, 7) is 6.02. The van der Waals surface area contributed by atoms with Crippen LogP contribution in [0.1, 0.15) is 40.0 Å². The highest BCUT2D eigenvalue weighted by Gasteiger charge is 2.37. The van der Waals surface area contributed by atoms with Crippen LogP contribution in [0.2, 0.25) is 0 Å². The van der Waals surface area contributed by atoms with Crippen LogP contribution in [0.3, 0.4) is 0 Å². The summed E-state index contributed by atoms with van der Waals surface area (Å²) in [5, 5.41) is 8.63. The minimum absolute atomic E-state index is 0.0761. The van der Waals surface area contributed by atoms with E-state index in [9.17, 15) is 9.59 Å². The summed E-state index contributed by atoms with van der Waals surface area (Å²) in [4.78, 5) is 22.3. The van der Waals surface area contributed by atoms with Gasteiger partial charge in [-0.15, -0.1) is 0 Å².